The molecule has 3 aromatic rings. The number of carbonyl (C=O) groups excluding carboxylic acids is 1. The van der Waals surface area contributed by atoms with E-state index in [1.165, 1.54) is 66.6 Å². The summed E-state index contributed by atoms with van der Waals surface area (Å²) in [7, 11) is 0. The van der Waals surface area contributed by atoms with E-state index in [9.17, 15) is 4.79 Å². The van der Waals surface area contributed by atoms with E-state index >= 15 is 0 Å². The molecule has 0 spiro atoms. The van der Waals surface area contributed by atoms with Crippen molar-refractivity contribution in [1.82, 2.24) is 9.88 Å². The zero-order chi connectivity index (χ0) is 21.8. The maximum atomic E-state index is 12.7. The minimum Gasteiger partial charge on any atom is -0.352 e. The van der Waals surface area contributed by atoms with Crippen LogP contribution >= 0.6 is 0 Å². The number of fused-ring (bicyclic) bond motifs is 1. The molecule has 0 saturated heterocycles. The Morgan fingerprint density at radius 1 is 0.875 bits per heavy atom. The molecule has 3 nitrogen and oxygen atoms in total. The largest absolute Gasteiger partial charge is 0.352 e. The molecule has 0 saturated carbocycles. The third-order valence-electron chi connectivity index (χ3n) is 6.88. The second-order valence-electron chi connectivity index (χ2n) is 9.07. The molecule has 164 valence electrons. The minimum absolute atomic E-state index is 0.0192. The van der Waals surface area contributed by atoms with Crippen LogP contribution in [0.4, 0.5) is 0 Å². The number of rotatable bonds is 6. The van der Waals surface area contributed by atoms with Gasteiger partial charge >= 0.3 is 0 Å². The van der Waals surface area contributed by atoms with Crippen LogP contribution in [0.15, 0.2) is 72.3 Å². The number of aryl methyl sites for hydroxylation is 1. The Kier molecular flexibility index (Phi) is 6.24. The van der Waals surface area contributed by atoms with Gasteiger partial charge in [0.15, 0.2) is 0 Å². The summed E-state index contributed by atoms with van der Waals surface area (Å²) >= 11 is 0. The number of hydrogen-bond donors (Lipinski definition) is 1. The Balaban J connectivity index is 1.35. The van der Waals surface area contributed by atoms with Gasteiger partial charge in [-0.2, -0.15) is 0 Å². The fourth-order valence-electron chi connectivity index (χ4n) is 5.15. The maximum absolute atomic E-state index is 12.7. The second-order valence-corrected chi connectivity index (χ2v) is 9.07. The Morgan fingerprint density at radius 2 is 1.66 bits per heavy atom. The van der Waals surface area contributed by atoms with Crippen molar-refractivity contribution >= 4 is 5.91 Å². The van der Waals surface area contributed by atoms with Crippen LogP contribution in [0.25, 0.3) is 16.9 Å². The lowest BCUT2D eigenvalue weighted by Crippen LogP contribution is -2.24. The first kappa shape index (κ1) is 20.8. The fraction of sp³-hybridized carbons (Fsp3) is 0.345. The van der Waals surface area contributed by atoms with E-state index < -0.39 is 0 Å². The minimum atomic E-state index is 0.0192. The van der Waals surface area contributed by atoms with Crippen molar-refractivity contribution in [3.63, 3.8) is 0 Å². The zero-order valence-corrected chi connectivity index (χ0v) is 18.8. The van der Waals surface area contributed by atoms with E-state index in [0.29, 0.717) is 0 Å². The number of allylic oxidation sites excluding steroid dienone is 1. The van der Waals surface area contributed by atoms with E-state index in [2.05, 4.69) is 64.5 Å². The van der Waals surface area contributed by atoms with Gasteiger partial charge in [0.1, 0.15) is 0 Å². The third kappa shape index (κ3) is 4.43. The highest BCUT2D eigenvalue weighted by atomic mass is 16.1. The standard InChI is InChI=1S/C29H32N2O/c32-29(30-20-19-22-9-3-1-4-10-22)24-15-17-26(18-16-24)31-27-14-8-7-13-25(27)21-28(31)23-11-5-2-6-12-23/h2,5-6,9,11-12,15-18,21H,1,3-4,7-8,10,13-14,19-20H2,(H,30,32). The lowest BCUT2D eigenvalue weighted by Gasteiger charge is -2.18. The quantitative estimate of drug-likeness (QED) is 0.442. The summed E-state index contributed by atoms with van der Waals surface area (Å²) < 4.78 is 2.40. The van der Waals surface area contributed by atoms with Crippen LogP contribution in [0.2, 0.25) is 0 Å². The van der Waals surface area contributed by atoms with Crippen LogP contribution in [0.5, 0.6) is 0 Å². The third-order valence-corrected chi connectivity index (χ3v) is 6.88. The van der Waals surface area contributed by atoms with Gasteiger partial charge in [-0.3, -0.25) is 4.79 Å². The predicted octanol–water partition coefficient (Wildman–Crippen LogP) is 6.64. The maximum Gasteiger partial charge on any atom is 0.251 e. The molecule has 1 heterocycles. The highest BCUT2D eigenvalue weighted by Gasteiger charge is 2.20. The van der Waals surface area contributed by atoms with E-state index in [-0.39, 0.29) is 5.91 Å². The average molecular weight is 425 g/mol. The molecule has 2 aliphatic rings. The Bertz CT molecular complexity index is 1110. The van der Waals surface area contributed by atoms with E-state index in [1.807, 2.05) is 12.1 Å². The van der Waals surface area contributed by atoms with Gasteiger partial charge in [0.25, 0.3) is 5.91 Å². The van der Waals surface area contributed by atoms with Crippen LogP contribution in [0.1, 0.15) is 66.6 Å². The molecular formula is C29H32N2O. The fourth-order valence-corrected chi connectivity index (χ4v) is 5.15. The summed E-state index contributed by atoms with van der Waals surface area (Å²) in [6.45, 7) is 0.718. The molecule has 2 aromatic carbocycles. The van der Waals surface area contributed by atoms with Crippen LogP contribution in [0, 0.1) is 0 Å². The lowest BCUT2D eigenvalue weighted by molar-refractivity contribution is 0.0954. The molecule has 0 bridgehead atoms. The van der Waals surface area contributed by atoms with Gasteiger partial charge < -0.3 is 9.88 Å². The zero-order valence-electron chi connectivity index (χ0n) is 18.8. The summed E-state index contributed by atoms with van der Waals surface area (Å²) in [5, 5.41) is 3.10. The summed E-state index contributed by atoms with van der Waals surface area (Å²) in [6.07, 6.45) is 13.1. The van der Waals surface area contributed by atoms with Crippen molar-refractivity contribution in [3.8, 4) is 16.9 Å². The van der Waals surface area contributed by atoms with Gasteiger partial charge in [-0.1, -0.05) is 42.0 Å². The van der Waals surface area contributed by atoms with Gasteiger partial charge in [-0.15, -0.1) is 0 Å². The van der Waals surface area contributed by atoms with Crippen molar-refractivity contribution in [3.05, 3.63) is 89.1 Å². The van der Waals surface area contributed by atoms with Crippen LogP contribution in [-0.4, -0.2) is 17.0 Å². The molecule has 1 N–H and O–H groups in total. The number of nitrogens with zero attached hydrogens (tertiary/aromatic N) is 1. The first-order valence-electron chi connectivity index (χ1n) is 12.1. The number of amides is 1. The number of benzene rings is 2. The van der Waals surface area contributed by atoms with Crippen molar-refractivity contribution in [2.75, 3.05) is 6.54 Å². The van der Waals surface area contributed by atoms with E-state index in [1.54, 1.807) is 0 Å². The highest BCUT2D eigenvalue weighted by molar-refractivity contribution is 5.94. The van der Waals surface area contributed by atoms with E-state index in [4.69, 9.17) is 0 Å². The number of nitrogens with one attached hydrogen (secondary N) is 1. The second kappa shape index (κ2) is 9.60. The monoisotopic (exact) mass is 424 g/mol. The van der Waals surface area contributed by atoms with E-state index in [0.717, 1.165) is 37.1 Å². The number of aromatic nitrogens is 1. The molecule has 5 rings (SSSR count). The molecule has 3 heteroatoms. The summed E-state index contributed by atoms with van der Waals surface area (Å²) in [4.78, 5) is 12.7. The molecule has 0 fully saturated rings. The summed E-state index contributed by atoms with van der Waals surface area (Å²) in [5.74, 6) is 0.0192. The topological polar surface area (TPSA) is 34.0 Å². The molecule has 0 unspecified atom stereocenters. The van der Waals surface area contributed by atoms with Gasteiger partial charge in [0.05, 0.1) is 5.69 Å². The average Bonchev–Trinajstić information content (AvgIpc) is 3.25. The van der Waals surface area contributed by atoms with Crippen molar-refractivity contribution in [1.29, 1.82) is 0 Å². The predicted molar refractivity (Wildman–Crippen MR) is 131 cm³/mol. The molecule has 1 aromatic heterocycles. The number of carbonyl (C=O) groups is 1. The summed E-state index contributed by atoms with van der Waals surface area (Å²) in [6, 6.07) is 21.1. The molecule has 32 heavy (non-hydrogen) atoms. The van der Waals surface area contributed by atoms with Crippen molar-refractivity contribution in [2.24, 2.45) is 0 Å². The molecule has 0 aliphatic heterocycles. The SMILES string of the molecule is O=C(NCCC1=CCCCC1)c1ccc(-n2c(-c3ccccc3)cc3c2CCCC3)cc1. The highest BCUT2D eigenvalue weighted by Crippen LogP contribution is 2.34. The van der Waals surface area contributed by atoms with Crippen LogP contribution in [-0.2, 0) is 12.8 Å². The lowest BCUT2D eigenvalue weighted by atomic mass is 9.97. The van der Waals surface area contributed by atoms with Gasteiger partial charge in [-0.25, -0.2) is 0 Å². The van der Waals surface area contributed by atoms with Crippen LogP contribution < -0.4 is 5.32 Å². The van der Waals surface area contributed by atoms with Gasteiger partial charge in [-0.05, 0) is 99.2 Å². The van der Waals surface area contributed by atoms with Crippen LogP contribution in [0.3, 0.4) is 0 Å². The Labute approximate surface area is 191 Å². The number of hydrogen-bond acceptors (Lipinski definition) is 1. The summed E-state index contributed by atoms with van der Waals surface area (Å²) in [5.41, 5.74) is 8.74. The smallest absolute Gasteiger partial charge is 0.251 e. The first-order valence-corrected chi connectivity index (χ1v) is 12.1. The van der Waals surface area contributed by atoms with Crippen molar-refractivity contribution in [2.45, 2.75) is 57.8 Å². The normalized spacial score (nSPS) is 15.7. The molecule has 0 atom stereocenters. The molecule has 1 amide bonds. The molecular weight excluding hydrogens is 392 g/mol. The molecule has 0 radical (unpaired) electrons. The van der Waals surface area contributed by atoms with Gasteiger partial charge in [0.2, 0.25) is 0 Å². The van der Waals surface area contributed by atoms with Crippen molar-refractivity contribution < 1.29 is 4.79 Å². The Morgan fingerprint density at radius 3 is 2.44 bits per heavy atom. The molecule has 2 aliphatic carbocycles. The first-order chi connectivity index (χ1) is 15.8. The van der Waals surface area contributed by atoms with Gasteiger partial charge in [0, 0.05) is 23.5 Å². The Hall–Kier alpha value is -3.07.